The Morgan fingerprint density at radius 3 is 2.77 bits per heavy atom. The summed E-state index contributed by atoms with van der Waals surface area (Å²) in [6.07, 6.45) is 0.133. The number of ketones is 1. The van der Waals surface area contributed by atoms with Crippen LogP contribution in [0, 0.1) is 6.92 Å². The summed E-state index contributed by atoms with van der Waals surface area (Å²) in [5.41, 5.74) is 0.945. The highest BCUT2D eigenvalue weighted by Crippen LogP contribution is 2.33. The van der Waals surface area contributed by atoms with E-state index in [1.165, 1.54) is 6.92 Å². The molecule has 0 atom stereocenters. The zero-order chi connectivity index (χ0) is 18.8. The third-order valence-electron chi connectivity index (χ3n) is 3.45. The van der Waals surface area contributed by atoms with Crippen LogP contribution in [0.15, 0.2) is 28.7 Å². The SMILES string of the molecule is CC(=O)Cc1nsc(NC(=O)c2cc(-c3cc(Cl)ccc3Cl)oc2C)n1. The van der Waals surface area contributed by atoms with Crippen LogP contribution < -0.4 is 5.32 Å². The van der Waals surface area contributed by atoms with Crippen molar-refractivity contribution >= 4 is 51.6 Å². The van der Waals surface area contributed by atoms with Crippen LogP contribution in [0.25, 0.3) is 11.3 Å². The Morgan fingerprint density at radius 2 is 2.04 bits per heavy atom. The van der Waals surface area contributed by atoms with Gasteiger partial charge in [0.25, 0.3) is 5.91 Å². The van der Waals surface area contributed by atoms with Gasteiger partial charge in [-0.2, -0.15) is 4.37 Å². The van der Waals surface area contributed by atoms with Crippen molar-refractivity contribution in [2.45, 2.75) is 20.3 Å². The predicted molar refractivity (Wildman–Crippen MR) is 101 cm³/mol. The molecule has 3 rings (SSSR count). The molecule has 6 nitrogen and oxygen atoms in total. The summed E-state index contributed by atoms with van der Waals surface area (Å²) in [4.78, 5) is 27.7. The number of benzene rings is 1. The molecule has 1 aromatic carbocycles. The fraction of sp³-hybridized carbons (Fsp3) is 0.176. The average Bonchev–Trinajstić information content (AvgIpc) is 3.15. The minimum absolute atomic E-state index is 0.0469. The Hall–Kier alpha value is -2.22. The first-order chi connectivity index (χ1) is 12.3. The maximum absolute atomic E-state index is 12.5. The van der Waals surface area contributed by atoms with E-state index in [0.717, 1.165) is 11.5 Å². The van der Waals surface area contributed by atoms with E-state index < -0.39 is 0 Å². The van der Waals surface area contributed by atoms with Crippen LogP contribution >= 0.6 is 34.7 Å². The molecule has 0 aliphatic rings. The van der Waals surface area contributed by atoms with Crippen molar-refractivity contribution in [3.05, 3.63) is 51.5 Å². The number of Topliss-reactive ketones (excluding diaryl/α,β-unsaturated/α-hetero) is 1. The topological polar surface area (TPSA) is 85.1 Å². The van der Waals surface area contributed by atoms with Gasteiger partial charge in [0.15, 0.2) is 5.82 Å². The summed E-state index contributed by atoms with van der Waals surface area (Å²) in [5.74, 6) is 0.820. The average molecular weight is 410 g/mol. The smallest absolute Gasteiger partial charge is 0.261 e. The highest BCUT2D eigenvalue weighted by atomic mass is 35.5. The summed E-state index contributed by atoms with van der Waals surface area (Å²) < 4.78 is 9.71. The molecule has 0 spiro atoms. The molecule has 2 heterocycles. The Morgan fingerprint density at radius 1 is 1.27 bits per heavy atom. The molecule has 0 radical (unpaired) electrons. The number of rotatable bonds is 5. The van der Waals surface area contributed by atoms with Crippen molar-refractivity contribution in [3.8, 4) is 11.3 Å². The molecule has 0 aliphatic carbocycles. The van der Waals surface area contributed by atoms with E-state index in [9.17, 15) is 9.59 Å². The molecule has 0 bridgehead atoms. The van der Waals surface area contributed by atoms with Gasteiger partial charge in [0, 0.05) is 22.1 Å². The van der Waals surface area contributed by atoms with Crippen LogP contribution in [-0.4, -0.2) is 21.0 Å². The lowest BCUT2D eigenvalue weighted by Gasteiger charge is -2.00. The second-order valence-corrected chi connectivity index (χ2v) is 7.15. The van der Waals surface area contributed by atoms with Crippen LogP contribution in [0.2, 0.25) is 10.0 Å². The maximum Gasteiger partial charge on any atom is 0.261 e. The zero-order valence-electron chi connectivity index (χ0n) is 13.8. The normalized spacial score (nSPS) is 10.8. The summed E-state index contributed by atoms with van der Waals surface area (Å²) in [7, 11) is 0. The molecule has 0 saturated heterocycles. The van der Waals surface area contributed by atoms with Gasteiger partial charge in [-0.25, -0.2) is 4.98 Å². The maximum atomic E-state index is 12.5. The monoisotopic (exact) mass is 409 g/mol. The number of furan rings is 1. The number of amides is 1. The van der Waals surface area contributed by atoms with Gasteiger partial charge in [0.1, 0.15) is 17.3 Å². The van der Waals surface area contributed by atoms with Crippen LogP contribution in [0.4, 0.5) is 5.13 Å². The van der Waals surface area contributed by atoms with Gasteiger partial charge < -0.3 is 4.42 Å². The van der Waals surface area contributed by atoms with E-state index >= 15 is 0 Å². The zero-order valence-corrected chi connectivity index (χ0v) is 16.1. The molecular formula is C17H13Cl2N3O3S. The number of nitrogens with one attached hydrogen (secondary N) is 1. The van der Waals surface area contributed by atoms with E-state index in [1.54, 1.807) is 31.2 Å². The minimum atomic E-state index is -0.388. The van der Waals surface area contributed by atoms with Gasteiger partial charge in [-0.05, 0) is 38.1 Å². The highest BCUT2D eigenvalue weighted by Gasteiger charge is 2.19. The summed E-state index contributed by atoms with van der Waals surface area (Å²) in [5, 5.41) is 3.95. The van der Waals surface area contributed by atoms with Gasteiger partial charge in [-0.3, -0.25) is 14.9 Å². The molecule has 2 aromatic heterocycles. The fourth-order valence-corrected chi connectivity index (χ4v) is 3.25. The lowest BCUT2D eigenvalue weighted by Crippen LogP contribution is -2.12. The lowest BCUT2D eigenvalue weighted by atomic mass is 10.1. The van der Waals surface area contributed by atoms with Crippen LogP contribution in [0.5, 0.6) is 0 Å². The highest BCUT2D eigenvalue weighted by molar-refractivity contribution is 7.09. The first kappa shape index (κ1) is 18.6. The van der Waals surface area contributed by atoms with E-state index in [4.69, 9.17) is 27.6 Å². The van der Waals surface area contributed by atoms with Gasteiger partial charge in [0.05, 0.1) is 17.0 Å². The number of hydrogen-bond acceptors (Lipinski definition) is 6. The molecule has 9 heteroatoms. The second kappa shape index (κ2) is 7.57. The lowest BCUT2D eigenvalue weighted by molar-refractivity contribution is -0.116. The fourth-order valence-electron chi connectivity index (χ4n) is 2.29. The Balaban J connectivity index is 1.82. The number of aryl methyl sites for hydroxylation is 1. The summed E-state index contributed by atoms with van der Waals surface area (Å²) in [6, 6.07) is 6.60. The minimum Gasteiger partial charge on any atom is -0.460 e. The van der Waals surface area contributed by atoms with Crippen molar-refractivity contribution in [1.29, 1.82) is 0 Å². The molecule has 3 aromatic rings. The van der Waals surface area contributed by atoms with E-state index in [2.05, 4.69) is 14.7 Å². The Kier molecular flexibility index (Phi) is 5.41. The van der Waals surface area contributed by atoms with Gasteiger partial charge >= 0.3 is 0 Å². The second-order valence-electron chi connectivity index (χ2n) is 5.55. The van der Waals surface area contributed by atoms with Crippen molar-refractivity contribution in [2.75, 3.05) is 5.32 Å². The third-order valence-corrected chi connectivity index (χ3v) is 4.68. The molecule has 26 heavy (non-hydrogen) atoms. The molecule has 1 amide bonds. The molecule has 0 fully saturated rings. The van der Waals surface area contributed by atoms with Crippen molar-refractivity contribution in [3.63, 3.8) is 0 Å². The summed E-state index contributed by atoms with van der Waals surface area (Å²) >= 11 is 13.2. The largest absolute Gasteiger partial charge is 0.460 e. The van der Waals surface area contributed by atoms with Gasteiger partial charge in [0.2, 0.25) is 5.13 Å². The predicted octanol–water partition coefficient (Wildman–Crippen LogP) is 4.80. The number of aromatic nitrogens is 2. The van der Waals surface area contributed by atoms with Gasteiger partial charge in [-0.15, -0.1) is 0 Å². The number of hydrogen-bond donors (Lipinski definition) is 1. The van der Waals surface area contributed by atoms with Crippen molar-refractivity contribution < 1.29 is 14.0 Å². The van der Waals surface area contributed by atoms with E-state index in [-0.39, 0.29) is 18.1 Å². The number of nitrogens with zero attached hydrogens (tertiary/aromatic N) is 2. The van der Waals surface area contributed by atoms with Crippen molar-refractivity contribution in [2.24, 2.45) is 0 Å². The van der Waals surface area contributed by atoms with E-state index in [1.807, 2.05) is 0 Å². The molecule has 0 saturated carbocycles. The number of carbonyl (C=O) groups is 2. The van der Waals surface area contributed by atoms with E-state index in [0.29, 0.717) is 43.6 Å². The first-order valence-corrected chi connectivity index (χ1v) is 9.05. The number of carbonyl (C=O) groups excluding carboxylic acids is 2. The molecule has 0 aliphatic heterocycles. The molecule has 1 N–H and O–H groups in total. The van der Waals surface area contributed by atoms with Crippen LogP contribution in [0.3, 0.4) is 0 Å². The molecule has 0 unspecified atom stereocenters. The Bertz CT molecular complexity index is 997. The molecular weight excluding hydrogens is 397 g/mol. The quantitative estimate of drug-likeness (QED) is 0.653. The van der Waals surface area contributed by atoms with Crippen LogP contribution in [0.1, 0.15) is 28.9 Å². The molecule has 134 valence electrons. The van der Waals surface area contributed by atoms with Crippen LogP contribution in [-0.2, 0) is 11.2 Å². The summed E-state index contributed by atoms with van der Waals surface area (Å²) in [6.45, 7) is 3.13. The first-order valence-electron chi connectivity index (χ1n) is 7.52. The standard InChI is InChI=1S/C17H13Cl2N3O3S/c1-8(23)5-15-20-17(26-22-15)21-16(24)11-7-14(25-9(11)2)12-6-10(18)3-4-13(12)19/h3-4,6-7H,5H2,1-2H3,(H,20,21,22,24). The van der Waals surface area contributed by atoms with Crippen molar-refractivity contribution in [1.82, 2.24) is 9.36 Å². The Labute approximate surface area is 163 Å². The number of halogens is 2. The number of anilines is 1. The van der Waals surface area contributed by atoms with Gasteiger partial charge in [-0.1, -0.05) is 23.2 Å². The third kappa shape index (κ3) is 4.12.